The third-order valence-corrected chi connectivity index (χ3v) is 3.70. The van der Waals surface area contributed by atoms with Crippen molar-refractivity contribution in [2.45, 2.75) is 6.42 Å². The van der Waals surface area contributed by atoms with Gasteiger partial charge in [0.05, 0.1) is 8.66 Å². The van der Waals surface area contributed by atoms with Crippen molar-refractivity contribution in [1.29, 1.82) is 0 Å². The van der Waals surface area contributed by atoms with Gasteiger partial charge in [-0.15, -0.1) is 11.3 Å². The summed E-state index contributed by atoms with van der Waals surface area (Å²) in [6.07, 6.45) is 0.986. The molecule has 1 aromatic rings. The SMILES string of the molecule is CN1CCc2cc(Br)sc2C1=O. The predicted octanol–water partition coefficient (Wildman–Crippen LogP) is 2.14. The molecule has 0 radical (unpaired) electrons. The van der Waals surface area contributed by atoms with E-state index in [1.807, 2.05) is 13.1 Å². The lowest BCUT2D eigenvalue weighted by Crippen LogP contribution is -2.32. The molecular weight excluding hydrogens is 238 g/mol. The van der Waals surface area contributed by atoms with Gasteiger partial charge in [0.2, 0.25) is 0 Å². The Bertz CT molecular complexity index is 334. The number of nitrogens with zero attached hydrogens (tertiary/aromatic N) is 1. The minimum Gasteiger partial charge on any atom is -0.341 e. The van der Waals surface area contributed by atoms with Crippen LogP contribution in [0.1, 0.15) is 15.2 Å². The number of rotatable bonds is 0. The Labute approximate surface area is 83.3 Å². The predicted molar refractivity (Wildman–Crippen MR) is 52.7 cm³/mol. The summed E-state index contributed by atoms with van der Waals surface area (Å²) < 4.78 is 1.05. The highest BCUT2D eigenvalue weighted by Crippen LogP contribution is 2.30. The second kappa shape index (κ2) is 2.85. The monoisotopic (exact) mass is 245 g/mol. The number of likely N-dealkylation sites (N-methyl/N-ethyl adjacent to an activating group) is 1. The molecular formula is C8H8BrNOS. The van der Waals surface area contributed by atoms with E-state index in [1.165, 1.54) is 16.9 Å². The highest BCUT2D eigenvalue weighted by atomic mass is 79.9. The van der Waals surface area contributed by atoms with Crippen LogP contribution < -0.4 is 0 Å². The number of carbonyl (C=O) groups is 1. The average Bonchev–Trinajstić information content (AvgIpc) is 2.39. The van der Waals surface area contributed by atoms with Crippen molar-refractivity contribution in [3.8, 4) is 0 Å². The smallest absolute Gasteiger partial charge is 0.263 e. The molecule has 1 amide bonds. The first-order valence-corrected chi connectivity index (χ1v) is 5.33. The van der Waals surface area contributed by atoms with Crippen molar-refractivity contribution in [3.63, 3.8) is 0 Å². The van der Waals surface area contributed by atoms with Gasteiger partial charge < -0.3 is 4.90 Å². The molecule has 0 spiro atoms. The van der Waals surface area contributed by atoms with Crippen LogP contribution >= 0.6 is 27.3 Å². The molecule has 2 heterocycles. The van der Waals surface area contributed by atoms with E-state index in [1.54, 1.807) is 4.90 Å². The molecule has 0 N–H and O–H groups in total. The number of halogens is 1. The fourth-order valence-electron chi connectivity index (χ4n) is 1.32. The van der Waals surface area contributed by atoms with Gasteiger partial charge in [0, 0.05) is 13.6 Å². The zero-order valence-electron chi connectivity index (χ0n) is 6.63. The summed E-state index contributed by atoms with van der Waals surface area (Å²) in [7, 11) is 1.85. The molecule has 64 valence electrons. The first kappa shape index (κ1) is 8.26. The normalized spacial score (nSPS) is 16.5. The van der Waals surface area contributed by atoms with Gasteiger partial charge in [-0.25, -0.2) is 0 Å². The summed E-state index contributed by atoms with van der Waals surface area (Å²) in [6, 6.07) is 2.05. The van der Waals surface area contributed by atoms with E-state index in [-0.39, 0.29) is 5.91 Å². The summed E-state index contributed by atoms with van der Waals surface area (Å²) in [5.74, 6) is 0.159. The zero-order valence-corrected chi connectivity index (χ0v) is 9.04. The fraction of sp³-hybridized carbons (Fsp3) is 0.375. The Hall–Kier alpha value is -0.350. The first-order chi connectivity index (χ1) is 5.68. The molecule has 0 saturated heterocycles. The number of thiophene rings is 1. The molecule has 0 aromatic carbocycles. The standard InChI is InChI=1S/C8H8BrNOS/c1-10-3-2-5-4-6(9)12-7(5)8(10)11/h4H,2-3H2,1H3. The van der Waals surface area contributed by atoms with Crippen LogP contribution in [-0.4, -0.2) is 24.4 Å². The Morgan fingerprint density at radius 3 is 3.17 bits per heavy atom. The van der Waals surface area contributed by atoms with Crippen molar-refractivity contribution < 1.29 is 4.79 Å². The van der Waals surface area contributed by atoms with Gasteiger partial charge in [-0.1, -0.05) is 0 Å². The van der Waals surface area contributed by atoms with E-state index in [4.69, 9.17) is 0 Å². The van der Waals surface area contributed by atoms with Crippen molar-refractivity contribution in [2.75, 3.05) is 13.6 Å². The van der Waals surface area contributed by atoms with E-state index in [0.29, 0.717) is 0 Å². The van der Waals surface area contributed by atoms with Gasteiger partial charge in [0.25, 0.3) is 5.91 Å². The average molecular weight is 246 g/mol. The van der Waals surface area contributed by atoms with E-state index in [0.717, 1.165) is 21.6 Å². The highest BCUT2D eigenvalue weighted by Gasteiger charge is 2.23. The summed E-state index contributed by atoms with van der Waals surface area (Å²) in [4.78, 5) is 14.2. The minimum atomic E-state index is 0.159. The van der Waals surface area contributed by atoms with Crippen LogP contribution in [0.2, 0.25) is 0 Å². The molecule has 2 rings (SSSR count). The Morgan fingerprint density at radius 1 is 1.67 bits per heavy atom. The van der Waals surface area contributed by atoms with Crippen LogP contribution in [0.5, 0.6) is 0 Å². The molecule has 4 heteroatoms. The molecule has 1 aliphatic heterocycles. The van der Waals surface area contributed by atoms with Crippen LogP contribution in [0.3, 0.4) is 0 Å². The van der Waals surface area contributed by atoms with Crippen LogP contribution in [0.4, 0.5) is 0 Å². The summed E-state index contributed by atoms with van der Waals surface area (Å²) in [5.41, 5.74) is 1.19. The Morgan fingerprint density at radius 2 is 2.42 bits per heavy atom. The lowest BCUT2D eigenvalue weighted by Gasteiger charge is -2.21. The van der Waals surface area contributed by atoms with E-state index in [2.05, 4.69) is 15.9 Å². The Balaban J connectivity index is 2.48. The van der Waals surface area contributed by atoms with Gasteiger partial charge in [-0.05, 0) is 34.0 Å². The molecule has 2 nitrogen and oxygen atoms in total. The molecule has 0 atom stereocenters. The summed E-state index contributed by atoms with van der Waals surface area (Å²) in [6.45, 7) is 0.842. The molecule has 1 aliphatic rings. The van der Waals surface area contributed by atoms with Crippen LogP contribution in [0, 0.1) is 0 Å². The van der Waals surface area contributed by atoms with Crippen molar-refractivity contribution >= 4 is 33.2 Å². The lowest BCUT2D eigenvalue weighted by atomic mass is 10.1. The fourth-order valence-corrected chi connectivity index (χ4v) is 3.02. The number of amides is 1. The molecule has 0 saturated carbocycles. The molecule has 0 unspecified atom stereocenters. The maximum atomic E-state index is 11.5. The first-order valence-electron chi connectivity index (χ1n) is 3.72. The van der Waals surface area contributed by atoms with Crippen molar-refractivity contribution in [1.82, 2.24) is 4.90 Å². The van der Waals surface area contributed by atoms with Gasteiger partial charge in [-0.3, -0.25) is 4.79 Å². The maximum Gasteiger partial charge on any atom is 0.263 e. The Kier molecular flexibility index (Phi) is 1.96. The van der Waals surface area contributed by atoms with Crippen molar-refractivity contribution in [3.05, 3.63) is 20.3 Å². The second-order valence-corrected chi connectivity index (χ2v) is 5.31. The number of fused-ring (bicyclic) bond motifs is 1. The van der Waals surface area contributed by atoms with Gasteiger partial charge in [-0.2, -0.15) is 0 Å². The zero-order chi connectivity index (χ0) is 8.72. The van der Waals surface area contributed by atoms with E-state index >= 15 is 0 Å². The maximum absolute atomic E-state index is 11.5. The number of carbonyl (C=O) groups excluding carboxylic acids is 1. The largest absolute Gasteiger partial charge is 0.341 e. The highest BCUT2D eigenvalue weighted by molar-refractivity contribution is 9.11. The van der Waals surface area contributed by atoms with Gasteiger partial charge >= 0.3 is 0 Å². The molecule has 0 aliphatic carbocycles. The topological polar surface area (TPSA) is 20.3 Å². The van der Waals surface area contributed by atoms with Gasteiger partial charge in [0.1, 0.15) is 0 Å². The lowest BCUT2D eigenvalue weighted by molar-refractivity contribution is 0.0786. The number of hydrogen-bond acceptors (Lipinski definition) is 2. The van der Waals surface area contributed by atoms with Crippen LogP contribution in [-0.2, 0) is 6.42 Å². The number of hydrogen-bond donors (Lipinski definition) is 0. The van der Waals surface area contributed by atoms with Gasteiger partial charge in [0.15, 0.2) is 0 Å². The molecule has 12 heavy (non-hydrogen) atoms. The van der Waals surface area contributed by atoms with E-state index in [9.17, 15) is 4.79 Å². The summed E-state index contributed by atoms with van der Waals surface area (Å²) in [5, 5.41) is 0. The molecule has 1 aromatic heterocycles. The van der Waals surface area contributed by atoms with Crippen LogP contribution in [0.25, 0.3) is 0 Å². The third kappa shape index (κ3) is 1.19. The minimum absolute atomic E-state index is 0.159. The molecule has 0 fully saturated rings. The second-order valence-electron chi connectivity index (χ2n) is 2.88. The van der Waals surface area contributed by atoms with Crippen molar-refractivity contribution in [2.24, 2.45) is 0 Å². The van der Waals surface area contributed by atoms with Crippen LogP contribution in [0.15, 0.2) is 9.85 Å². The quantitative estimate of drug-likeness (QED) is 0.686. The molecule has 0 bridgehead atoms. The third-order valence-electron chi connectivity index (χ3n) is 2.04. The summed E-state index contributed by atoms with van der Waals surface area (Å²) >= 11 is 4.92. The van der Waals surface area contributed by atoms with E-state index < -0.39 is 0 Å².